The van der Waals surface area contributed by atoms with Crippen molar-refractivity contribution in [2.75, 3.05) is 0 Å². The number of hydrogen-bond acceptors (Lipinski definition) is 0. The summed E-state index contributed by atoms with van der Waals surface area (Å²) in [6.45, 7) is 18.0. The Labute approximate surface area is 283 Å². The van der Waals surface area contributed by atoms with Gasteiger partial charge in [0.05, 0.1) is 0 Å². The molecule has 1 fully saturated rings. The summed E-state index contributed by atoms with van der Waals surface area (Å²) < 4.78 is 1.80. The van der Waals surface area contributed by atoms with E-state index in [1.165, 1.54) is 87.7 Å². The Kier molecular flexibility index (Phi) is 11.1. The Morgan fingerprint density at radius 2 is 1.40 bits per heavy atom. The van der Waals surface area contributed by atoms with Gasteiger partial charge in [0.15, 0.2) is 0 Å². The van der Waals surface area contributed by atoms with Gasteiger partial charge in [-0.2, -0.15) is 28.8 Å². The summed E-state index contributed by atoms with van der Waals surface area (Å²) in [5.74, 6) is 0. The molecule has 0 unspecified atom stereocenters. The zero-order valence-electron chi connectivity index (χ0n) is 26.8. The van der Waals surface area contributed by atoms with Crippen LogP contribution in [0.5, 0.6) is 0 Å². The van der Waals surface area contributed by atoms with Gasteiger partial charge in [-0.15, -0.1) is 11.6 Å². The molecule has 0 aliphatic heterocycles. The molecule has 0 bridgehead atoms. The van der Waals surface area contributed by atoms with Crippen molar-refractivity contribution in [1.82, 2.24) is 0 Å². The van der Waals surface area contributed by atoms with Crippen molar-refractivity contribution in [2.24, 2.45) is 0 Å². The quantitative estimate of drug-likeness (QED) is 0.243. The van der Waals surface area contributed by atoms with Gasteiger partial charge in [0, 0.05) is 5.41 Å². The average Bonchev–Trinajstić information content (AvgIpc) is 3.63. The number of fused-ring (bicyclic) bond motifs is 5. The van der Waals surface area contributed by atoms with E-state index in [4.69, 9.17) is 0 Å². The molecule has 0 heterocycles. The second-order valence-electron chi connectivity index (χ2n) is 14.4. The van der Waals surface area contributed by atoms with E-state index in [2.05, 4.69) is 122 Å². The van der Waals surface area contributed by atoms with E-state index < -0.39 is 0 Å². The van der Waals surface area contributed by atoms with Crippen LogP contribution < -0.4 is 24.8 Å². The molecule has 0 amide bonds. The molecule has 3 aromatic carbocycles. The molecule has 3 aromatic rings. The fraction of sp³-hybridized carbons (Fsp3) is 0.436. The topological polar surface area (TPSA) is 0 Å². The van der Waals surface area contributed by atoms with Crippen molar-refractivity contribution in [3.63, 3.8) is 0 Å². The third-order valence-corrected chi connectivity index (χ3v) is 10.3. The molecule has 4 aliphatic rings. The molecule has 0 nitrogen and oxygen atoms in total. The standard InChI is InChI=1S/C23H21.C10H15.C6H10.2ClH.Zr/c1-22(2)7-5-14-10-18-16(12-20(14)22)9-17-13-21-15(11-19(17)18)6-8-23(21,3)4;1-8-5-6-9(7-8)10(2,3)4;1-2-4-6-5-3-1;;;/h5-7,10-13H,9H2,1-4H3;5-7H,1-4H3;1-5H2;2*1H;/q2*-1;;;;+2/p-2. The van der Waals surface area contributed by atoms with Crippen LogP contribution in [0.25, 0.3) is 23.3 Å². The van der Waals surface area contributed by atoms with Gasteiger partial charge in [-0.05, 0) is 45.9 Å². The minimum absolute atomic E-state index is 0. The van der Waals surface area contributed by atoms with Crippen LogP contribution in [0.2, 0.25) is 0 Å². The third-order valence-electron chi connectivity index (χ3n) is 9.09. The first-order chi connectivity index (χ1) is 18.7. The predicted octanol–water partition coefficient (Wildman–Crippen LogP) is 4.36. The summed E-state index contributed by atoms with van der Waals surface area (Å²) in [6.07, 6.45) is 18.7. The van der Waals surface area contributed by atoms with Crippen LogP contribution in [0.4, 0.5) is 0 Å². The molecular formula is C39H46Cl2Zr-2. The van der Waals surface area contributed by atoms with E-state index in [9.17, 15) is 0 Å². The number of allylic oxidation sites excluding steroid dienone is 2. The van der Waals surface area contributed by atoms with Crippen molar-refractivity contribution in [2.45, 2.75) is 110 Å². The zero-order chi connectivity index (χ0) is 28.9. The van der Waals surface area contributed by atoms with Gasteiger partial charge in [-0.25, -0.2) is 12.1 Å². The summed E-state index contributed by atoms with van der Waals surface area (Å²) >= 11 is 1.69. The molecule has 0 saturated heterocycles. The molecule has 0 spiro atoms. The van der Waals surface area contributed by atoms with Crippen LogP contribution in [0.15, 0.2) is 48.5 Å². The molecule has 42 heavy (non-hydrogen) atoms. The molecule has 0 N–H and O–H groups in total. The molecule has 4 aliphatic carbocycles. The number of hydrogen-bond donors (Lipinski definition) is 0. The monoisotopic (exact) mass is 674 g/mol. The second kappa shape index (κ2) is 13.3. The van der Waals surface area contributed by atoms with E-state index in [-0.39, 0.29) is 35.6 Å². The van der Waals surface area contributed by atoms with E-state index in [0.29, 0.717) is 5.41 Å². The Bertz CT molecular complexity index is 1420. The molecule has 7 rings (SSSR count). The van der Waals surface area contributed by atoms with Gasteiger partial charge in [0.1, 0.15) is 0 Å². The van der Waals surface area contributed by atoms with Crippen molar-refractivity contribution in [3.05, 3.63) is 99.1 Å². The summed E-state index contributed by atoms with van der Waals surface area (Å²) in [7, 11) is 0. The fourth-order valence-corrected chi connectivity index (χ4v) is 7.28. The maximum absolute atomic E-state index is 3.50. The molecule has 0 radical (unpaired) electrons. The molecule has 222 valence electrons. The van der Waals surface area contributed by atoms with Gasteiger partial charge in [-0.1, -0.05) is 90.5 Å². The molecule has 0 atom stereocenters. The van der Waals surface area contributed by atoms with E-state index in [1.807, 2.05) is 0 Å². The van der Waals surface area contributed by atoms with Gasteiger partial charge in [0.2, 0.25) is 0 Å². The Balaban J connectivity index is 0.000000213. The van der Waals surface area contributed by atoms with Crippen LogP contribution in [0.3, 0.4) is 0 Å². The zero-order valence-corrected chi connectivity index (χ0v) is 30.7. The van der Waals surface area contributed by atoms with E-state index in [0.717, 1.165) is 6.42 Å². The first-order valence-corrected chi connectivity index (χ1v) is 16.4. The van der Waals surface area contributed by atoms with E-state index in [1.54, 1.807) is 27.4 Å². The van der Waals surface area contributed by atoms with Crippen LogP contribution in [-0.2, 0) is 46.9 Å². The molecule has 1 saturated carbocycles. The van der Waals surface area contributed by atoms with Gasteiger partial charge in [-0.3, -0.25) is 6.08 Å². The maximum atomic E-state index is 3.50. The van der Waals surface area contributed by atoms with E-state index >= 15 is 0 Å². The Hall–Kier alpha value is -1.40. The second-order valence-corrected chi connectivity index (χ2v) is 16.2. The fourth-order valence-electron chi connectivity index (χ4n) is 6.41. The average molecular weight is 677 g/mol. The molecular weight excluding hydrogens is 631 g/mol. The van der Waals surface area contributed by atoms with Gasteiger partial charge < -0.3 is 24.8 Å². The Morgan fingerprint density at radius 3 is 1.90 bits per heavy atom. The number of halogens is 2. The summed E-state index contributed by atoms with van der Waals surface area (Å²) in [5, 5.41) is 0. The number of benzene rings is 2. The van der Waals surface area contributed by atoms with Crippen molar-refractivity contribution >= 4 is 15.4 Å². The summed E-state index contributed by atoms with van der Waals surface area (Å²) in [4.78, 5) is 0. The van der Waals surface area contributed by atoms with Crippen LogP contribution in [0.1, 0.15) is 125 Å². The van der Waals surface area contributed by atoms with Crippen molar-refractivity contribution in [3.8, 4) is 11.1 Å². The first kappa shape index (κ1) is 35.1. The first-order valence-electron chi connectivity index (χ1n) is 15.2. The predicted molar refractivity (Wildman–Crippen MR) is 171 cm³/mol. The molecule has 0 aromatic heterocycles. The summed E-state index contributed by atoms with van der Waals surface area (Å²) in [6, 6.07) is 16.3. The van der Waals surface area contributed by atoms with Crippen LogP contribution >= 0.6 is 0 Å². The summed E-state index contributed by atoms with van der Waals surface area (Å²) in [5.41, 5.74) is 14.8. The van der Waals surface area contributed by atoms with Crippen LogP contribution in [-0.4, -0.2) is 3.21 Å². The van der Waals surface area contributed by atoms with Crippen molar-refractivity contribution in [1.29, 1.82) is 0 Å². The SMILES string of the molecule is CC1(C)[C-]=Cc2cc3c(cc21)Cc1cc2c(cc1-3)C=CC2(C)C.Cc1cc(C(C)(C)C)c[cH-]1.[Cl-].[Cl-].[Zr+2]=[C]1CCCCC1. The third kappa shape index (κ3) is 7.45. The van der Waals surface area contributed by atoms with Crippen molar-refractivity contribution < 1.29 is 49.0 Å². The van der Waals surface area contributed by atoms with Crippen LogP contribution in [0, 0.1) is 13.0 Å². The minimum atomic E-state index is 0. The molecule has 3 heteroatoms. The Morgan fingerprint density at radius 1 is 0.810 bits per heavy atom. The number of rotatable bonds is 0. The number of aryl methyl sites for hydroxylation is 1. The van der Waals surface area contributed by atoms with Gasteiger partial charge in [0.25, 0.3) is 0 Å². The van der Waals surface area contributed by atoms with Gasteiger partial charge >= 0.3 is 59.5 Å². The normalized spacial score (nSPS) is 17.8.